The van der Waals surface area contributed by atoms with Gasteiger partial charge in [0.05, 0.1) is 6.54 Å². The molecule has 0 aliphatic rings. The largest absolute Gasteiger partial charge is 0.481 e. The van der Waals surface area contributed by atoms with Gasteiger partial charge in [-0.15, -0.1) is 11.3 Å². The molecule has 1 heterocycles. The fourth-order valence-electron chi connectivity index (χ4n) is 1.68. The van der Waals surface area contributed by atoms with Gasteiger partial charge in [-0.1, -0.05) is 6.07 Å². The second-order valence-corrected chi connectivity index (χ2v) is 5.40. The fraction of sp³-hybridized carbons (Fsp3) is 0.462. The summed E-state index contributed by atoms with van der Waals surface area (Å²) in [5.74, 6) is -2.33. The van der Waals surface area contributed by atoms with Gasteiger partial charge in [0.2, 0.25) is 0 Å². The number of rotatable bonds is 8. The first-order chi connectivity index (χ1) is 9.93. The predicted molar refractivity (Wildman–Crippen MR) is 77.2 cm³/mol. The van der Waals surface area contributed by atoms with E-state index in [1.165, 1.54) is 16.2 Å². The highest BCUT2D eigenvalue weighted by molar-refractivity contribution is 7.09. The molecule has 1 aromatic heterocycles. The Morgan fingerprint density at radius 3 is 2.57 bits per heavy atom. The monoisotopic (exact) mass is 314 g/mol. The van der Waals surface area contributed by atoms with E-state index >= 15 is 0 Å². The van der Waals surface area contributed by atoms with E-state index in [1.54, 1.807) is 6.92 Å². The first-order valence-electron chi connectivity index (χ1n) is 6.46. The molecular weight excluding hydrogens is 296 g/mol. The van der Waals surface area contributed by atoms with Crippen molar-refractivity contribution in [2.45, 2.75) is 32.4 Å². The van der Waals surface area contributed by atoms with Crippen LogP contribution in [0.2, 0.25) is 0 Å². The third-order valence-electron chi connectivity index (χ3n) is 2.84. The van der Waals surface area contributed by atoms with Crippen LogP contribution >= 0.6 is 11.3 Å². The summed E-state index contributed by atoms with van der Waals surface area (Å²) in [6.45, 7) is 2.61. The van der Waals surface area contributed by atoms with E-state index in [4.69, 9.17) is 10.2 Å². The number of carboxylic acid groups (broad SMARTS) is 2. The van der Waals surface area contributed by atoms with Crippen LogP contribution in [-0.2, 0) is 16.1 Å². The summed E-state index contributed by atoms with van der Waals surface area (Å²) in [6, 6.07) is 2.05. The number of carbonyl (C=O) groups excluding carboxylic acids is 1. The molecule has 1 unspecified atom stereocenters. The number of carboxylic acids is 2. The van der Waals surface area contributed by atoms with Crippen molar-refractivity contribution in [3.05, 3.63) is 22.4 Å². The Morgan fingerprint density at radius 2 is 2.10 bits per heavy atom. The summed E-state index contributed by atoms with van der Waals surface area (Å²) in [7, 11) is 0. The number of thiophene rings is 1. The summed E-state index contributed by atoms with van der Waals surface area (Å²) in [5, 5.41) is 21.9. The van der Waals surface area contributed by atoms with Crippen LogP contribution in [0.15, 0.2) is 17.5 Å². The number of nitrogens with one attached hydrogen (secondary N) is 1. The Hall–Kier alpha value is -2.09. The Labute approximate surface area is 126 Å². The lowest BCUT2D eigenvalue weighted by Gasteiger charge is -2.23. The van der Waals surface area contributed by atoms with Crippen LogP contribution in [0.25, 0.3) is 0 Å². The molecule has 21 heavy (non-hydrogen) atoms. The van der Waals surface area contributed by atoms with Gasteiger partial charge in [-0.05, 0) is 24.8 Å². The summed E-state index contributed by atoms with van der Waals surface area (Å²) in [5.41, 5.74) is 0. The van der Waals surface area contributed by atoms with Gasteiger partial charge in [0.1, 0.15) is 6.04 Å². The van der Waals surface area contributed by atoms with Crippen molar-refractivity contribution in [1.82, 2.24) is 10.2 Å². The van der Waals surface area contributed by atoms with Gasteiger partial charge < -0.3 is 20.4 Å². The average Bonchev–Trinajstić information content (AvgIpc) is 2.92. The molecule has 0 aliphatic heterocycles. The first-order valence-corrected chi connectivity index (χ1v) is 7.34. The van der Waals surface area contributed by atoms with Gasteiger partial charge in [-0.2, -0.15) is 0 Å². The Morgan fingerprint density at radius 1 is 1.38 bits per heavy atom. The summed E-state index contributed by atoms with van der Waals surface area (Å²) >= 11 is 1.51. The van der Waals surface area contributed by atoms with Crippen molar-refractivity contribution in [3.8, 4) is 0 Å². The van der Waals surface area contributed by atoms with Gasteiger partial charge >= 0.3 is 18.0 Å². The van der Waals surface area contributed by atoms with Gasteiger partial charge in [0.15, 0.2) is 0 Å². The van der Waals surface area contributed by atoms with Crippen molar-refractivity contribution in [3.63, 3.8) is 0 Å². The molecule has 0 aromatic carbocycles. The second-order valence-electron chi connectivity index (χ2n) is 4.37. The number of nitrogens with zero attached hydrogens (tertiary/aromatic N) is 1. The molecule has 0 saturated heterocycles. The smallest absolute Gasteiger partial charge is 0.326 e. The minimum Gasteiger partial charge on any atom is -0.481 e. The molecule has 0 bridgehead atoms. The Kier molecular flexibility index (Phi) is 6.67. The SMILES string of the molecule is CCN(Cc1cccs1)C(=O)NC(CCC(=O)O)C(=O)O. The number of carbonyl (C=O) groups is 3. The molecule has 1 rings (SSSR count). The summed E-state index contributed by atoms with van der Waals surface area (Å²) < 4.78 is 0. The molecular formula is C13H18N2O5S. The van der Waals surface area contributed by atoms with Crippen LogP contribution in [0.1, 0.15) is 24.6 Å². The number of hydrogen-bond donors (Lipinski definition) is 3. The van der Waals surface area contributed by atoms with E-state index < -0.39 is 24.0 Å². The summed E-state index contributed by atoms with van der Waals surface area (Å²) in [4.78, 5) is 36.1. The van der Waals surface area contributed by atoms with Crippen LogP contribution < -0.4 is 5.32 Å². The molecule has 1 aromatic rings. The molecule has 116 valence electrons. The molecule has 3 N–H and O–H groups in total. The summed E-state index contributed by atoms with van der Waals surface area (Å²) in [6.07, 6.45) is -0.457. The quantitative estimate of drug-likeness (QED) is 0.675. The average molecular weight is 314 g/mol. The maximum absolute atomic E-state index is 12.1. The number of aliphatic carboxylic acids is 2. The third kappa shape index (κ3) is 5.82. The number of urea groups is 1. The molecule has 1 atom stereocenters. The maximum atomic E-state index is 12.1. The molecule has 0 spiro atoms. The van der Waals surface area contributed by atoms with Gasteiger partial charge in [0, 0.05) is 17.8 Å². The van der Waals surface area contributed by atoms with Crippen LogP contribution in [0, 0.1) is 0 Å². The minimum atomic E-state index is -1.24. The molecule has 8 heteroatoms. The second kappa shape index (κ2) is 8.25. The molecule has 0 fully saturated rings. The van der Waals surface area contributed by atoms with Crippen LogP contribution in [-0.4, -0.2) is 45.7 Å². The molecule has 0 radical (unpaired) electrons. The molecule has 2 amide bonds. The van der Waals surface area contributed by atoms with Crippen molar-refractivity contribution in [1.29, 1.82) is 0 Å². The molecule has 0 aliphatic carbocycles. The highest BCUT2D eigenvalue weighted by Gasteiger charge is 2.23. The van der Waals surface area contributed by atoms with Gasteiger partial charge in [-0.25, -0.2) is 9.59 Å². The lowest BCUT2D eigenvalue weighted by molar-refractivity contribution is -0.140. The van der Waals surface area contributed by atoms with Crippen LogP contribution in [0.4, 0.5) is 4.79 Å². The van der Waals surface area contributed by atoms with Crippen molar-refractivity contribution in [2.75, 3.05) is 6.54 Å². The van der Waals surface area contributed by atoms with Crippen LogP contribution in [0.5, 0.6) is 0 Å². The minimum absolute atomic E-state index is 0.146. The number of amides is 2. The van der Waals surface area contributed by atoms with Crippen molar-refractivity contribution in [2.24, 2.45) is 0 Å². The zero-order valence-electron chi connectivity index (χ0n) is 11.6. The van der Waals surface area contributed by atoms with E-state index in [1.807, 2.05) is 17.5 Å². The highest BCUT2D eigenvalue weighted by Crippen LogP contribution is 2.12. The van der Waals surface area contributed by atoms with E-state index in [0.29, 0.717) is 13.1 Å². The van der Waals surface area contributed by atoms with Crippen molar-refractivity contribution < 1.29 is 24.6 Å². The van der Waals surface area contributed by atoms with E-state index in [2.05, 4.69) is 5.32 Å². The van der Waals surface area contributed by atoms with Gasteiger partial charge in [0.25, 0.3) is 0 Å². The fourth-order valence-corrected chi connectivity index (χ4v) is 2.40. The Balaban J connectivity index is 2.61. The lowest BCUT2D eigenvalue weighted by Crippen LogP contribution is -2.47. The van der Waals surface area contributed by atoms with Gasteiger partial charge in [-0.3, -0.25) is 4.79 Å². The zero-order chi connectivity index (χ0) is 15.8. The Bertz CT molecular complexity index is 489. The third-order valence-corrected chi connectivity index (χ3v) is 3.70. The van der Waals surface area contributed by atoms with E-state index in [0.717, 1.165) is 4.88 Å². The molecule has 0 saturated carbocycles. The topological polar surface area (TPSA) is 107 Å². The maximum Gasteiger partial charge on any atom is 0.326 e. The lowest BCUT2D eigenvalue weighted by atomic mass is 10.1. The predicted octanol–water partition coefficient (Wildman–Crippen LogP) is 1.60. The zero-order valence-corrected chi connectivity index (χ0v) is 12.4. The molecule has 7 nitrogen and oxygen atoms in total. The first kappa shape index (κ1) is 17.0. The number of hydrogen-bond acceptors (Lipinski definition) is 4. The van der Waals surface area contributed by atoms with Crippen molar-refractivity contribution >= 4 is 29.3 Å². The van der Waals surface area contributed by atoms with E-state index in [-0.39, 0.29) is 12.8 Å². The van der Waals surface area contributed by atoms with Crippen LogP contribution in [0.3, 0.4) is 0 Å². The van der Waals surface area contributed by atoms with E-state index in [9.17, 15) is 14.4 Å². The highest BCUT2D eigenvalue weighted by atomic mass is 32.1. The normalized spacial score (nSPS) is 11.7. The standard InChI is InChI=1S/C13H18N2O5S/c1-2-15(8-9-4-3-7-21-9)13(20)14-10(12(18)19)5-6-11(16)17/h3-4,7,10H,2,5-6,8H2,1H3,(H,14,20)(H,16,17)(H,18,19).